The van der Waals surface area contributed by atoms with Gasteiger partial charge in [-0.25, -0.2) is 13.2 Å². The molecule has 3 heterocycles. The first-order valence-electron chi connectivity index (χ1n) is 10.2. The van der Waals surface area contributed by atoms with Crippen LogP contribution in [0.3, 0.4) is 0 Å². The lowest BCUT2D eigenvalue weighted by Gasteiger charge is -2.53. The molecule has 0 aromatic heterocycles. The van der Waals surface area contributed by atoms with Crippen LogP contribution >= 0.6 is 0 Å². The molecule has 0 N–H and O–H groups in total. The second-order valence-electron chi connectivity index (χ2n) is 8.32. The maximum Gasteiger partial charge on any atom is 0.350 e. The number of hydrogen-bond donors (Lipinski definition) is 0. The molecule has 0 radical (unpaired) electrons. The molecule has 2 aromatic carbocycles. The molecule has 3 fully saturated rings. The molecule has 3 nitrogen and oxygen atoms in total. The van der Waals surface area contributed by atoms with Crippen molar-refractivity contribution in [2.75, 3.05) is 19.8 Å². The Balaban J connectivity index is 1.44. The third-order valence-electron chi connectivity index (χ3n) is 5.93. The van der Waals surface area contributed by atoms with Crippen LogP contribution in [0, 0.1) is 22.9 Å². The van der Waals surface area contributed by atoms with E-state index in [1.165, 1.54) is 18.2 Å². The predicted octanol–water partition coefficient (Wildman–Crippen LogP) is 5.86. The van der Waals surface area contributed by atoms with Crippen LogP contribution < -0.4 is 0 Å². The van der Waals surface area contributed by atoms with Gasteiger partial charge in [0, 0.05) is 17.4 Å². The summed E-state index contributed by atoms with van der Waals surface area (Å²) in [7, 11) is 0. The summed E-state index contributed by atoms with van der Waals surface area (Å²) in [5, 5.41) is 0. The van der Waals surface area contributed by atoms with E-state index in [1.54, 1.807) is 0 Å². The van der Waals surface area contributed by atoms with Crippen molar-refractivity contribution in [3.05, 3.63) is 59.4 Å². The molecule has 0 amide bonds. The highest BCUT2D eigenvalue weighted by atomic mass is 19.3. The molecule has 5 rings (SSSR count). The van der Waals surface area contributed by atoms with Crippen molar-refractivity contribution in [2.45, 2.75) is 44.5 Å². The molecular weight excluding hydrogens is 419 g/mol. The van der Waals surface area contributed by atoms with E-state index in [0.717, 1.165) is 31.0 Å². The first-order chi connectivity index (χ1) is 14.7. The normalized spacial score (nSPS) is 25.7. The Morgan fingerprint density at radius 3 is 2.13 bits per heavy atom. The summed E-state index contributed by atoms with van der Waals surface area (Å²) in [6.45, 7) is 2.44. The van der Waals surface area contributed by atoms with Gasteiger partial charge in [0.15, 0.2) is 11.6 Å². The molecule has 0 saturated carbocycles. The lowest BCUT2D eigenvalue weighted by atomic mass is 9.83. The number of aryl methyl sites for hydroxylation is 1. The molecule has 3 saturated heterocycles. The van der Waals surface area contributed by atoms with E-state index in [4.69, 9.17) is 14.2 Å². The second kappa shape index (κ2) is 8.15. The molecule has 168 valence electrons. The smallest absolute Gasteiger partial charge is 0.322 e. The quantitative estimate of drug-likeness (QED) is 0.503. The van der Waals surface area contributed by atoms with Crippen molar-refractivity contribution in [3.8, 4) is 11.1 Å². The summed E-state index contributed by atoms with van der Waals surface area (Å²) in [6, 6.07) is 6.99. The zero-order valence-corrected chi connectivity index (χ0v) is 17.0. The van der Waals surface area contributed by atoms with Gasteiger partial charge in [-0.1, -0.05) is 31.5 Å². The number of hydrogen-bond acceptors (Lipinski definition) is 3. The Hall–Kier alpha value is -2.03. The second-order valence-corrected chi connectivity index (χ2v) is 8.32. The zero-order valence-electron chi connectivity index (χ0n) is 17.0. The molecule has 0 aliphatic carbocycles. The van der Waals surface area contributed by atoms with Gasteiger partial charge < -0.3 is 14.2 Å². The Kier molecular flexibility index (Phi) is 5.83. The van der Waals surface area contributed by atoms with Crippen LogP contribution in [-0.4, -0.2) is 31.7 Å². The lowest BCUT2D eigenvalue weighted by molar-refractivity contribution is -0.521. The Morgan fingerprint density at radius 2 is 1.55 bits per heavy atom. The number of alkyl halides is 2. The van der Waals surface area contributed by atoms with E-state index in [1.807, 2.05) is 6.92 Å². The van der Waals surface area contributed by atoms with Gasteiger partial charge >= 0.3 is 11.9 Å². The van der Waals surface area contributed by atoms with Crippen molar-refractivity contribution in [2.24, 2.45) is 5.41 Å². The predicted molar refractivity (Wildman–Crippen MR) is 103 cm³/mol. The molecule has 2 aromatic rings. The number of rotatable bonds is 7. The minimum absolute atomic E-state index is 0.0508. The molecule has 0 atom stereocenters. The van der Waals surface area contributed by atoms with Gasteiger partial charge in [-0.2, -0.15) is 8.78 Å². The maximum atomic E-state index is 15.0. The highest BCUT2D eigenvalue weighted by molar-refractivity contribution is 5.64. The number of fused-ring (bicyclic) bond motifs is 3. The average molecular weight is 442 g/mol. The minimum Gasteiger partial charge on any atom is -0.322 e. The van der Waals surface area contributed by atoms with E-state index in [-0.39, 0.29) is 42.8 Å². The summed E-state index contributed by atoms with van der Waals surface area (Å²) in [5.41, 5.74) is 0.148. The fourth-order valence-corrected chi connectivity index (χ4v) is 4.12. The van der Waals surface area contributed by atoms with Crippen LogP contribution in [-0.2, 0) is 20.6 Å². The van der Waals surface area contributed by atoms with Crippen molar-refractivity contribution in [1.82, 2.24) is 0 Å². The third-order valence-corrected chi connectivity index (χ3v) is 5.93. The van der Waals surface area contributed by atoms with Crippen LogP contribution in [0.5, 0.6) is 0 Å². The largest absolute Gasteiger partial charge is 0.350 e. The maximum absolute atomic E-state index is 15.0. The number of benzene rings is 2. The molecule has 0 spiro atoms. The topological polar surface area (TPSA) is 27.7 Å². The van der Waals surface area contributed by atoms with E-state index in [0.29, 0.717) is 5.56 Å². The third kappa shape index (κ3) is 4.08. The van der Waals surface area contributed by atoms with Crippen molar-refractivity contribution in [1.29, 1.82) is 0 Å². The summed E-state index contributed by atoms with van der Waals surface area (Å²) < 4.78 is 87.1. The van der Waals surface area contributed by atoms with Gasteiger partial charge in [0.25, 0.3) is 0 Å². The van der Waals surface area contributed by atoms with Gasteiger partial charge in [-0.3, -0.25) is 0 Å². The van der Waals surface area contributed by atoms with Gasteiger partial charge in [0.1, 0.15) is 5.82 Å². The van der Waals surface area contributed by atoms with E-state index >= 15 is 0 Å². The zero-order chi connectivity index (χ0) is 22.3. The molecule has 31 heavy (non-hydrogen) atoms. The highest BCUT2D eigenvalue weighted by Crippen LogP contribution is 2.49. The van der Waals surface area contributed by atoms with Crippen LogP contribution in [0.1, 0.15) is 31.7 Å². The minimum atomic E-state index is -3.44. The van der Waals surface area contributed by atoms with Crippen LogP contribution in [0.25, 0.3) is 11.1 Å². The number of ether oxygens (including phenoxy) is 3. The Morgan fingerprint density at radius 1 is 0.871 bits per heavy atom. The monoisotopic (exact) mass is 442 g/mol. The van der Waals surface area contributed by atoms with Gasteiger partial charge in [-0.15, -0.1) is 0 Å². The summed E-state index contributed by atoms with van der Waals surface area (Å²) >= 11 is 0. The molecule has 2 bridgehead atoms. The summed E-state index contributed by atoms with van der Waals surface area (Å²) in [6.07, 6.45) is 0.807. The Bertz CT molecular complexity index is 938. The molecule has 3 aliphatic rings. The van der Waals surface area contributed by atoms with Crippen molar-refractivity contribution in [3.63, 3.8) is 0 Å². The van der Waals surface area contributed by atoms with Crippen LogP contribution in [0.4, 0.5) is 22.0 Å². The molecule has 3 aliphatic heterocycles. The molecule has 0 unspecified atom stereocenters. The first-order valence-corrected chi connectivity index (χ1v) is 10.2. The molecule has 8 heteroatoms. The number of halogens is 5. The van der Waals surface area contributed by atoms with Crippen molar-refractivity contribution >= 4 is 0 Å². The fourth-order valence-electron chi connectivity index (χ4n) is 4.12. The van der Waals surface area contributed by atoms with E-state index in [9.17, 15) is 22.0 Å². The van der Waals surface area contributed by atoms with Gasteiger partial charge in [0.05, 0.1) is 19.8 Å². The average Bonchev–Trinajstić information content (AvgIpc) is 2.76. The van der Waals surface area contributed by atoms with Crippen LogP contribution in [0.2, 0.25) is 0 Å². The van der Waals surface area contributed by atoms with E-state index in [2.05, 4.69) is 0 Å². The SMILES string of the molecule is CCCC12COC(C(F)(F)CCc3ccc(-c4ccc(F)c(F)c4)c(F)c3)(OC1)OC2. The van der Waals surface area contributed by atoms with Gasteiger partial charge in [0.2, 0.25) is 0 Å². The highest BCUT2D eigenvalue weighted by Gasteiger charge is 2.65. The van der Waals surface area contributed by atoms with Crippen LogP contribution in [0.15, 0.2) is 36.4 Å². The van der Waals surface area contributed by atoms with Crippen molar-refractivity contribution < 1.29 is 36.2 Å². The fraction of sp³-hybridized carbons (Fsp3) is 0.478. The lowest BCUT2D eigenvalue weighted by Crippen LogP contribution is -2.67. The summed E-state index contributed by atoms with van der Waals surface area (Å²) in [5.74, 6) is -8.70. The standard InChI is InChI=1S/C23H23F5O3/c1-2-8-21-12-29-23(30-13-21,31-14-21)22(27,28)9-7-15-3-5-17(19(25)10-15)16-4-6-18(24)20(26)11-16/h3-6,10-11H,2,7-9,12-14H2,1H3. The first kappa shape index (κ1) is 22.2. The van der Waals surface area contributed by atoms with Gasteiger partial charge in [-0.05, 0) is 42.2 Å². The van der Waals surface area contributed by atoms with E-state index < -0.39 is 35.8 Å². The Labute approximate surface area is 177 Å². The summed E-state index contributed by atoms with van der Waals surface area (Å²) in [4.78, 5) is 0. The molecular formula is C23H23F5O3.